The van der Waals surface area contributed by atoms with E-state index in [0.717, 1.165) is 27.7 Å². The predicted octanol–water partition coefficient (Wildman–Crippen LogP) is 5.28. The number of hydrogen-bond donors (Lipinski definition) is 2. The van der Waals surface area contributed by atoms with E-state index in [4.69, 9.17) is 0 Å². The SMILES string of the molecule is Cc1ccc(C(=O)O)c2c1N[C@H](c1ccccc1Br)[C@@H]1CC=C[C@@H]21. The first-order valence-electron chi connectivity index (χ1n) is 8.12. The zero-order chi connectivity index (χ0) is 16.8. The zero-order valence-electron chi connectivity index (χ0n) is 13.3. The molecule has 0 radical (unpaired) electrons. The summed E-state index contributed by atoms with van der Waals surface area (Å²) in [5.41, 5.74) is 4.64. The lowest BCUT2D eigenvalue weighted by Gasteiger charge is -2.39. The molecular formula is C20H18BrNO2. The Morgan fingerprint density at radius 3 is 2.79 bits per heavy atom. The molecule has 2 aliphatic rings. The fourth-order valence-corrected chi connectivity index (χ4v) is 4.61. The van der Waals surface area contributed by atoms with Crippen LogP contribution in [0.4, 0.5) is 5.69 Å². The maximum Gasteiger partial charge on any atom is 0.336 e. The molecule has 2 N–H and O–H groups in total. The van der Waals surface area contributed by atoms with Crippen LogP contribution >= 0.6 is 15.9 Å². The summed E-state index contributed by atoms with van der Waals surface area (Å²) >= 11 is 3.67. The van der Waals surface area contributed by atoms with E-state index in [-0.39, 0.29) is 12.0 Å². The monoisotopic (exact) mass is 383 g/mol. The summed E-state index contributed by atoms with van der Waals surface area (Å²) in [4.78, 5) is 11.7. The number of allylic oxidation sites excluding steroid dienone is 2. The second-order valence-corrected chi connectivity index (χ2v) is 7.38. The highest BCUT2D eigenvalue weighted by Crippen LogP contribution is 2.52. The Bertz CT molecular complexity index is 859. The zero-order valence-corrected chi connectivity index (χ0v) is 14.9. The molecule has 1 aliphatic carbocycles. The summed E-state index contributed by atoms with van der Waals surface area (Å²) in [6, 6.07) is 12.1. The summed E-state index contributed by atoms with van der Waals surface area (Å²) in [6.45, 7) is 2.04. The standard InChI is InChI=1S/C20H18BrNO2/c1-11-9-10-15(20(23)24)17-12-6-4-7-13(12)19(22-18(11)17)14-5-2-3-8-16(14)21/h2-6,8-10,12-13,19,22H,7H2,1H3,(H,23,24)/t12-,13-,19+/m1/s1. The molecule has 0 spiro atoms. The van der Waals surface area contributed by atoms with E-state index in [9.17, 15) is 9.90 Å². The number of benzene rings is 2. The topological polar surface area (TPSA) is 49.3 Å². The van der Waals surface area contributed by atoms with E-state index >= 15 is 0 Å². The fourth-order valence-electron chi connectivity index (χ4n) is 4.08. The van der Waals surface area contributed by atoms with Gasteiger partial charge in [0.05, 0.1) is 11.6 Å². The van der Waals surface area contributed by atoms with E-state index in [2.05, 4.69) is 51.6 Å². The largest absolute Gasteiger partial charge is 0.478 e. The van der Waals surface area contributed by atoms with Gasteiger partial charge in [-0.2, -0.15) is 0 Å². The lowest BCUT2D eigenvalue weighted by Crippen LogP contribution is -2.31. The number of carboxylic acid groups (broad SMARTS) is 1. The molecule has 0 saturated carbocycles. The van der Waals surface area contributed by atoms with Gasteiger partial charge in [0.1, 0.15) is 0 Å². The maximum absolute atomic E-state index is 11.7. The normalized spacial score (nSPS) is 24.2. The molecule has 0 bridgehead atoms. The molecule has 2 aromatic carbocycles. The molecule has 0 fully saturated rings. The van der Waals surface area contributed by atoms with Crippen LogP contribution in [0.3, 0.4) is 0 Å². The third-order valence-electron chi connectivity index (χ3n) is 5.20. The van der Waals surface area contributed by atoms with Crippen molar-refractivity contribution in [2.24, 2.45) is 5.92 Å². The van der Waals surface area contributed by atoms with Crippen LogP contribution in [0.5, 0.6) is 0 Å². The Morgan fingerprint density at radius 2 is 2.04 bits per heavy atom. The Hall–Kier alpha value is -2.07. The highest BCUT2D eigenvalue weighted by atomic mass is 79.9. The molecule has 3 atom stereocenters. The third kappa shape index (κ3) is 2.28. The second kappa shape index (κ2) is 5.78. The van der Waals surface area contributed by atoms with Gasteiger partial charge in [0.2, 0.25) is 0 Å². The van der Waals surface area contributed by atoms with Gasteiger partial charge in [0.25, 0.3) is 0 Å². The van der Waals surface area contributed by atoms with Crippen molar-refractivity contribution in [2.75, 3.05) is 5.32 Å². The molecule has 4 rings (SSSR count). The number of anilines is 1. The van der Waals surface area contributed by atoms with Gasteiger partial charge in [-0.15, -0.1) is 0 Å². The van der Waals surface area contributed by atoms with E-state index in [0.29, 0.717) is 11.5 Å². The number of halogens is 1. The smallest absolute Gasteiger partial charge is 0.336 e. The average Bonchev–Trinajstić information content (AvgIpc) is 3.05. The van der Waals surface area contributed by atoms with E-state index in [1.807, 2.05) is 19.1 Å². The number of hydrogen-bond acceptors (Lipinski definition) is 2. The van der Waals surface area contributed by atoms with Gasteiger partial charge in [-0.1, -0.05) is 52.3 Å². The molecule has 1 heterocycles. The second-order valence-electron chi connectivity index (χ2n) is 6.52. The van der Waals surface area contributed by atoms with Crippen molar-refractivity contribution in [2.45, 2.75) is 25.3 Å². The maximum atomic E-state index is 11.7. The highest BCUT2D eigenvalue weighted by molar-refractivity contribution is 9.10. The van der Waals surface area contributed by atoms with Crippen LogP contribution in [0.25, 0.3) is 0 Å². The van der Waals surface area contributed by atoms with Crippen molar-refractivity contribution in [1.29, 1.82) is 0 Å². The van der Waals surface area contributed by atoms with Crippen LogP contribution in [0, 0.1) is 12.8 Å². The lowest BCUT2D eigenvalue weighted by atomic mass is 9.75. The van der Waals surface area contributed by atoms with Crippen molar-refractivity contribution < 1.29 is 9.90 Å². The van der Waals surface area contributed by atoms with Gasteiger partial charge in [0, 0.05) is 16.1 Å². The number of aromatic carboxylic acids is 1. The number of fused-ring (bicyclic) bond motifs is 3. The third-order valence-corrected chi connectivity index (χ3v) is 5.92. The van der Waals surface area contributed by atoms with Gasteiger partial charge in [-0.3, -0.25) is 0 Å². The van der Waals surface area contributed by atoms with E-state index in [1.165, 1.54) is 5.56 Å². The van der Waals surface area contributed by atoms with E-state index < -0.39 is 5.97 Å². The van der Waals surface area contributed by atoms with Gasteiger partial charge in [0.15, 0.2) is 0 Å². The van der Waals surface area contributed by atoms with Crippen molar-refractivity contribution in [3.8, 4) is 0 Å². The Balaban J connectivity index is 1.90. The molecule has 1 aliphatic heterocycles. The number of nitrogens with one attached hydrogen (secondary N) is 1. The number of aryl methyl sites for hydroxylation is 1. The van der Waals surface area contributed by atoms with Gasteiger partial charge in [-0.05, 0) is 48.1 Å². The molecule has 122 valence electrons. The summed E-state index contributed by atoms with van der Waals surface area (Å²) in [6.07, 6.45) is 5.32. The molecular weight excluding hydrogens is 366 g/mol. The number of carbonyl (C=O) groups is 1. The molecule has 0 unspecified atom stereocenters. The van der Waals surface area contributed by atoms with Crippen LogP contribution in [0.15, 0.2) is 53.0 Å². The predicted molar refractivity (Wildman–Crippen MR) is 98.6 cm³/mol. The first-order valence-corrected chi connectivity index (χ1v) is 8.91. The molecule has 0 amide bonds. The van der Waals surface area contributed by atoms with Crippen molar-refractivity contribution in [3.63, 3.8) is 0 Å². The number of rotatable bonds is 2. The minimum Gasteiger partial charge on any atom is -0.478 e. The van der Waals surface area contributed by atoms with Crippen LogP contribution in [0.1, 0.15) is 45.4 Å². The molecule has 24 heavy (non-hydrogen) atoms. The summed E-state index contributed by atoms with van der Waals surface area (Å²) in [7, 11) is 0. The van der Waals surface area contributed by atoms with Crippen molar-refractivity contribution in [1.82, 2.24) is 0 Å². The summed E-state index contributed by atoms with van der Waals surface area (Å²) in [5, 5.41) is 13.3. The highest BCUT2D eigenvalue weighted by Gasteiger charge is 2.40. The quantitative estimate of drug-likeness (QED) is 0.693. The molecule has 0 aromatic heterocycles. The van der Waals surface area contributed by atoms with E-state index in [1.54, 1.807) is 6.07 Å². The Kier molecular flexibility index (Phi) is 3.72. The van der Waals surface area contributed by atoms with Crippen molar-refractivity contribution >= 4 is 27.6 Å². The summed E-state index contributed by atoms with van der Waals surface area (Å²) in [5.74, 6) is -0.383. The van der Waals surface area contributed by atoms with Gasteiger partial charge < -0.3 is 10.4 Å². The molecule has 2 aromatic rings. The molecule has 4 heteroatoms. The minimum atomic E-state index is -0.855. The van der Waals surface area contributed by atoms with Crippen LogP contribution in [-0.2, 0) is 0 Å². The molecule has 3 nitrogen and oxygen atoms in total. The molecule has 0 saturated heterocycles. The Labute approximate surface area is 149 Å². The van der Waals surface area contributed by atoms with Crippen LogP contribution in [-0.4, -0.2) is 11.1 Å². The fraction of sp³-hybridized carbons (Fsp3) is 0.250. The summed E-state index contributed by atoms with van der Waals surface area (Å²) < 4.78 is 1.09. The van der Waals surface area contributed by atoms with Crippen molar-refractivity contribution in [3.05, 3.63) is 75.3 Å². The van der Waals surface area contributed by atoms with Gasteiger partial charge in [-0.25, -0.2) is 4.79 Å². The Morgan fingerprint density at radius 1 is 1.25 bits per heavy atom. The number of carboxylic acids is 1. The average molecular weight is 384 g/mol. The first-order chi connectivity index (χ1) is 11.6. The first kappa shape index (κ1) is 15.5. The van der Waals surface area contributed by atoms with Gasteiger partial charge >= 0.3 is 5.97 Å². The van der Waals surface area contributed by atoms with Crippen LogP contribution < -0.4 is 5.32 Å². The minimum absolute atomic E-state index is 0.143. The van der Waals surface area contributed by atoms with Crippen LogP contribution in [0.2, 0.25) is 0 Å². The lowest BCUT2D eigenvalue weighted by molar-refractivity contribution is 0.0695.